The van der Waals surface area contributed by atoms with Crippen LogP contribution in [0.3, 0.4) is 0 Å². The summed E-state index contributed by atoms with van der Waals surface area (Å²) in [7, 11) is 0. The molecular weight excluding hydrogens is 268 g/mol. The van der Waals surface area contributed by atoms with Gasteiger partial charge in [-0.25, -0.2) is 0 Å². The summed E-state index contributed by atoms with van der Waals surface area (Å²) in [6, 6.07) is 8.22. The molecule has 0 aliphatic rings. The van der Waals surface area contributed by atoms with Crippen molar-refractivity contribution < 1.29 is 14.4 Å². The van der Waals surface area contributed by atoms with E-state index in [1.54, 1.807) is 0 Å². The fraction of sp³-hybridized carbons (Fsp3) is 0.438. The molecule has 5 heteroatoms. The first-order valence-corrected chi connectivity index (χ1v) is 7.00. The van der Waals surface area contributed by atoms with Gasteiger partial charge in [-0.05, 0) is 17.9 Å². The highest BCUT2D eigenvalue weighted by Gasteiger charge is 2.25. The Hall–Kier alpha value is -2.17. The van der Waals surface area contributed by atoms with Crippen LogP contribution in [0.1, 0.15) is 26.3 Å². The minimum Gasteiger partial charge on any atom is -0.344 e. The molecule has 5 nitrogen and oxygen atoms in total. The van der Waals surface area contributed by atoms with Gasteiger partial charge in [0.2, 0.25) is 11.8 Å². The fourth-order valence-electron chi connectivity index (χ4n) is 2.03. The molecule has 2 N–H and O–H groups in total. The molecule has 2 unspecified atom stereocenters. The van der Waals surface area contributed by atoms with E-state index in [9.17, 15) is 14.4 Å². The molecule has 0 aromatic heterocycles. The third-order valence-electron chi connectivity index (χ3n) is 3.10. The van der Waals surface area contributed by atoms with Crippen LogP contribution < -0.4 is 10.6 Å². The van der Waals surface area contributed by atoms with Crippen molar-refractivity contribution in [3.05, 3.63) is 35.9 Å². The van der Waals surface area contributed by atoms with Crippen molar-refractivity contribution in [1.82, 2.24) is 10.6 Å². The first-order chi connectivity index (χ1) is 9.93. The lowest BCUT2D eigenvalue weighted by Gasteiger charge is -2.23. The van der Waals surface area contributed by atoms with E-state index in [2.05, 4.69) is 10.6 Å². The molecule has 0 heterocycles. The Labute approximate surface area is 125 Å². The molecular formula is C16H22N2O3. The number of hydrogen-bond donors (Lipinski definition) is 2. The van der Waals surface area contributed by atoms with E-state index in [4.69, 9.17) is 0 Å². The smallest absolute Gasteiger partial charge is 0.243 e. The number of nitrogens with one attached hydrogen (secondary N) is 2. The zero-order chi connectivity index (χ0) is 15.8. The summed E-state index contributed by atoms with van der Waals surface area (Å²) < 4.78 is 0. The number of hydrogen-bond acceptors (Lipinski definition) is 3. The topological polar surface area (TPSA) is 75.3 Å². The van der Waals surface area contributed by atoms with Crippen LogP contribution in [0.5, 0.6) is 0 Å². The molecule has 0 radical (unpaired) electrons. The maximum atomic E-state index is 12.2. The Bertz CT molecular complexity index is 486. The van der Waals surface area contributed by atoms with E-state index >= 15 is 0 Å². The number of amides is 2. The highest BCUT2D eigenvalue weighted by atomic mass is 16.2. The van der Waals surface area contributed by atoms with E-state index in [0.29, 0.717) is 6.42 Å². The Kier molecular flexibility index (Phi) is 6.59. The zero-order valence-electron chi connectivity index (χ0n) is 12.6. The molecule has 0 aliphatic heterocycles. The van der Waals surface area contributed by atoms with Crippen LogP contribution in [0, 0.1) is 5.92 Å². The summed E-state index contributed by atoms with van der Waals surface area (Å²) in [5.41, 5.74) is 0.968. The standard InChI is InChI=1S/C16H22N2O3/c1-11(2)15(17-12(3)20)16(21)18-14(10-19)9-13-7-5-4-6-8-13/h4-8,10-11,14-15H,9H2,1-3H3,(H,17,20)(H,18,21). The van der Waals surface area contributed by atoms with Crippen molar-refractivity contribution in [3.63, 3.8) is 0 Å². The molecule has 1 rings (SSSR count). The van der Waals surface area contributed by atoms with Crippen molar-refractivity contribution >= 4 is 18.1 Å². The molecule has 2 atom stereocenters. The Balaban J connectivity index is 2.68. The van der Waals surface area contributed by atoms with Gasteiger partial charge in [-0.3, -0.25) is 9.59 Å². The van der Waals surface area contributed by atoms with E-state index in [0.717, 1.165) is 11.8 Å². The predicted molar refractivity (Wildman–Crippen MR) is 80.6 cm³/mol. The maximum Gasteiger partial charge on any atom is 0.243 e. The third kappa shape index (κ3) is 5.77. The summed E-state index contributed by atoms with van der Waals surface area (Å²) in [5, 5.41) is 5.29. The Morgan fingerprint density at radius 2 is 1.76 bits per heavy atom. The minimum absolute atomic E-state index is 0.0575. The lowest BCUT2D eigenvalue weighted by Crippen LogP contribution is -2.52. The van der Waals surface area contributed by atoms with Crippen molar-refractivity contribution in [2.45, 2.75) is 39.3 Å². The van der Waals surface area contributed by atoms with Gasteiger partial charge in [-0.1, -0.05) is 44.2 Å². The average molecular weight is 290 g/mol. The second-order valence-electron chi connectivity index (χ2n) is 5.36. The van der Waals surface area contributed by atoms with Crippen LogP contribution in [-0.2, 0) is 20.8 Å². The Morgan fingerprint density at radius 3 is 2.24 bits per heavy atom. The number of rotatable bonds is 7. The van der Waals surface area contributed by atoms with Gasteiger partial charge in [0.25, 0.3) is 0 Å². The number of aldehydes is 1. The molecule has 0 fully saturated rings. The normalized spacial score (nSPS) is 13.3. The quantitative estimate of drug-likeness (QED) is 0.738. The lowest BCUT2D eigenvalue weighted by atomic mass is 10.0. The van der Waals surface area contributed by atoms with Crippen molar-refractivity contribution in [1.29, 1.82) is 0 Å². The van der Waals surface area contributed by atoms with Crippen molar-refractivity contribution in [2.24, 2.45) is 5.92 Å². The summed E-state index contributed by atoms with van der Waals surface area (Å²) in [5.74, 6) is -0.666. The van der Waals surface area contributed by atoms with Gasteiger partial charge in [0.15, 0.2) is 0 Å². The van der Waals surface area contributed by atoms with Crippen molar-refractivity contribution in [2.75, 3.05) is 0 Å². The van der Waals surface area contributed by atoms with Gasteiger partial charge >= 0.3 is 0 Å². The summed E-state index contributed by atoms with van der Waals surface area (Å²) >= 11 is 0. The largest absolute Gasteiger partial charge is 0.344 e. The lowest BCUT2D eigenvalue weighted by molar-refractivity contribution is -0.130. The number of benzene rings is 1. The molecule has 1 aromatic carbocycles. The molecule has 1 aromatic rings. The minimum atomic E-state index is -0.638. The van der Waals surface area contributed by atoms with E-state index < -0.39 is 12.1 Å². The van der Waals surface area contributed by atoms with Crippen LogP contribution in [0.4, 0.5) is 0 Å². The van der Waals surface area contributed by atoms with Crippen LogP contribution in [0.25, 0.3) is 0 Å². The highest BCUT2D eigenvalue weighted by molar-refractivity contribution is 5.88. The highest BCUT2D eigenvalue weighted by Crippen LogP contribution is 2.05. The van der Waals surface area contributed by atoms with Crippen LogP contribution in [0.2, 0.25) is 0 Å². The summed E-state index contributed by atoms with van der Waals surface area (Å²) in [6.45, 7) is 5.05. The average Bonchev–Trinajstić information content (AvgIpc) is 2.44. The SMILES string of the molecule is CC(=O)NC(C(=O)NC(C=O)Cc1ccccc1)C(C)C. The van der Waals surface area contributed by atoms with Gasteiger partial charge in [-0.15, -0.1) is 0 Å². The summed E-state index contributed by atoms with van der Waals surface area (Å²) in [6.07, 6.45) is 1.15. The molecule has 0 saturated heterocycles. The van der Waals surface area contributed by atoms with E-state index in [1.807, 2.05) is 44.2 Å². The molecule has 0 spiro atoms. The third-order valence-corrected chi connectivity index (χ3v) is 3.10. The first-order valence-electron chi connectivity index (χ1n) is 7.00. The molecule has 0 aliphatic carbocycles. The van der Waals surface area contributed by atoms with Gasteiger partial charge in [0.1, 0.15) is 12.3 Å². The molecule has 114 valence electrons. The number of carbonyl (C=O) groups excluding carboxylic acids is 3. The van der Waals surface area contributed by atoms with Crippen molar-refractivity contribution in [3.8, 4) is 0 Å². The predicted octanol–water partition coefficient (Wildman–Crippen LogP) is 1.07. The van der Waals surface area contributed by atoms with Gasteiger partial charge in [0.05, 0.1) is 6.04 Å². The van der Waals surface area contributed by atoms with Gasteiger partial charge < -0.3 is 15.4 Å². The van der Waals surface area contributed by atoms with E-state index in [-0.39, 0.29) is 17.7 Å². The monoisotopic (exact) mass is 290 g/mol. The second-order valence-corrected chi connectivity index (χ2v) is 5.36. The second kappa shape index (κ2) is 8.19. The van der Waals surface area contributed by atoms with Crippen LogP contribution >= 0.6 is 0 Å². The molecule has 0 saturated carbocycles. The Morgan fingerprint density at radius 1 is 1.14 bits per heavy atom. The van der Waals surface area contributed by atoms with Crippen LogP contribution in [-0.4, -0.2) is 30.2 Å². The molecule has 0 bridgehead atoms. The van der Waals surface area contributed by atoms with Gasteiger partial charge in [0, 0.05) is 6.92 Å². The maximum absolute atomic E-state index is 12.2. The molecule has 2 amide bonds. The van der Waals surface area contributed by atoms with Gasteiger partial charge in [-0.2, -0.15) is 0 Å². The summed E-state index contributed by atoms with van der Waals surface area (Å²) in [4.78, 5) is 34.5. The first kappa shape index (κ1) is 16.9. The van der Waals surface area contributed by atoms with Crippen LogP contribution in [0.15, 0.2) is 30.3 Å². The number of carbonyl (C=O) groups is 3. The fourth-order valence-corrected chi connectivity index (χ4v) is 2.03. The van der Waals surface area contributed by atoms with E-state index in [1.165, 1.54) is 6.92 Å². The molecule has 21 heavy (non-hydrogen) atoms. The zero-order valence-corrected chi connectivity index (χ0v) is 12.6.